The molecule has 0 saturated heterocycles. The fourth-order valence-electron chi connectivity index (χ4n) is 5.28. The fraction of sp³-hybridized carbons (Fsp3) is 0.226. The van der Waals surface area contributed by atoms with E-state index in [0.717, 1.165) is 11.3 Å². The number of aromatic nitrogens is 2. The fourth-order valence-corrected chi connectivity index (χ4v) is 5.45. The van der Waals surface area contributed by atoms with Gasteiger partial charge in [0.2, 0.25) is 11.7 Å². The Morgan fingerprint density at radius 2 is 1.86 bits per heavy atom. The van der Waals surface area contributed by atoms with E-state index in [9.17, 15) is 19.5 Å². The number of nitrogens with zero attached hydrogens (tertiary/aromatic N) is 4. The number of anilines is 4. The number of ketones is 1. The van der Waals surface area contributed by atoms with Crippen molar-refractivity contribution in [3.05, 3.63) is 101 Å². The molecule has 1 atom stereocenters. The summed E-state index contributed by atoms with van der Waals surface area (Å²) in [4.78, 5) is 50.8. The van der Waals surface area contributed by atoms with Crippen molar-refractivity contribution in [2.75, 3.05) is 40.1 Å². The molecular formula is C31H31ClN6O4. The van der Waals surface area contributed by atoms with Crippen LogP contribution in [-0.4, -0.2) is 52.1 Å². The highest BCUT2D eigenvalue weighted by Crippen LogP contribution is 2.41. The van der Waals surface area contributed by atoms with E-state index >= 15 is 0 Å². The van der Waals surface area contributed by atoms with Gasteiger partial charge in [-0.05, 0) is 62.2 Å². The molecule has 216 valence electrons. The van der Waals surface area contributed by atoms with E-state index in [0.29, 0.717) is 30.0 Å². The number of hydrogen-bond acceptors (Lipinski definition) is 6. The minimum absolute atomic E-state index is 0.0248. The van der Waals surface area contributed by atoms with Gasteiger partial charge in [0.15, 0.2) is 0 Å². The first-order valence-corrected chi connectivity index (χ1v) is 13.9. The maximum absolute atomic E-state index is 14.7. The van der Waals surface area contributed by atoms with Crippen LogP contribution in [0.15, 0.2) is 79.1 Å². The van der Waals surface area contributed by atoms with Crippen LogP contribution in [0.5, 0.6) is 0 Å². The first kappa shape index (κ1) is 28.8. The third-order valence-electron chi connectivity index (χ3n) is 7.31. The van der Waals surface area contributed by atoms with Crippen molar-refractivity contribution in [1.29, 1.82) is 0 Å². The van der Waals surface area contributed by atoms with Gasteiger partial charge >= 0.3 is 6.03 Å². The molecule has 0 fully saturated rings. The number of fused-ring (bicyclic) bond motifs is 1. The van der Waals surface area contributed by atoms with E-state index in [1.807, 2.05) is 24.8 Å². The zero-order valence-electron chi connectivity index (χ0n) is 23.5. The third kappa shape index (κ3) is 4.88. The van der Waals surface area contributed by atoms with Crippen molar-refractivity contribution in [3.63, 3.8) is 0 Å². The Morgan fingerprint density at radius 3 is 2.55 bits per heavy atom. The molecule has 3 amide bonds. The summed E-state index contributed by atoms with van der Waals surface area (Å²) in [6, 6.07) is 18.2. The summed E-state index contributed by atoms with van der Waals surface area (Å²) >= 11 is 6.46. The molecule has 2 heterocycles. The number of aryl methyl sites for hydroxylation is 2. The summed E-state index contributed by atoms with van der Waals surface area (Å²) in [5.74, 6) is -1.39. The smallest absolute Gasteiger partial charge is 0.331 e. The maximum atomic E-state index is 14.7. The van der Waals surface area contributed by atoms with E-state index in [-0.39, 0.29) is 23.1 Å². The van der Waals surface area contributed by atoms with E-state index in [2.05, 4.69) is 15.6 Å². The van der Waals surface area contributed by atoms with Gasteiger partial charge in [0.05, 0.1) is 23.0 Å². The van der Waals surface area contributed by atoms with Crippen LogP contribution >= 0.6 is 11.6 Å². The first-order valence-electron chi connectivity index (χ1n) is 13.5. The van der Waals surface area contributed by atoms with Gasteiger partial charge in [-0.15, -0.1) is 0 Å². The quantitative estimate of drug-likeness (QED) is 0.183. The van der Waals surface area contributed by atoms with E-state index in [4.69, 9.17) is 11.6 Å². The average molecular weight is 587 g/mol. The van der Waals surface area contributed by atoms with Crippen LogP contribution in [0, 0.1) is 13.8 Å². The van der Waals surface area contributed by atoms with Gasteiger partial charge in [0.1, 0.15) is 0 Å². The van der Waals surface area contributed by atoms with E-state index < -0.39 is 23.4 Å². The predicted octanol–water partition coefficient (Wildman–Crippen LogP) is 5.20. The molecule has 42 heavy (non-hydrogen) atoms. The number of halogens is 1. The molecule has 0 spiro atoms. The molecule has 0 radical (unpaired) electrons. The number of nitrogens with one attached hydrogen (secondary N) is 2. The largest absolute Gasteiger partial charge is 0.395 e. The minimum Gasteiger partial charge on any atom is -0.395 e. The number of carbonyl (C=O) groups excluding carboxylic acids is 3. The van der Waals surface area contributed by atoms with Gasteiger partial charge in [0, 0.05) is 36.7 Å². The Kier molecular flexibility index (Phi) is 8.02. The molecular weight excluding hydrogens is 556 g/mol. The van der Waals surface area contributed by atoms with Crippen molar-refractivity contribution in [2.45, 2.75) is 26.4 Å². The molecule has 3 N–H and O–H groups in total. The molecule has 0 bridgehead atoms. The van der Waals surface area contributed by atoms with Crippen LogP contribution in [-0.2, 0) is 10.5 Å². The van der Waals surface area contributed by atoms with Crippen molar-refractivity contribution in [1.82, 2.24) is 9.55 Å². The molecule has 4 aromatic rings. The summed E-state index contributed by atoms with van der Waals surface area (Å²) in [6.45, 7) is 6.68. The van der Waals surface area contributed by atoms with E-state index in [1.165, 1.54) is 21.9 Å². The predicted molar refractivity (Wildman–Crippen MR) is 163 cm³/mol. The van der Waals surface area contributed by atoms with Crippen LogP contribution in [0.25, 0.3) is 0 Å². The van der Waals surface area contributed by atoms with Crippen LogP contribution in [0.3, 0.4) is 0 Å². The number of amides is 3. The number of aliphatic hydroxyl groups excluding tert-OH is 1. The van der Waals surface area contributed by atoms with Crippen LogP contribution in [0.4, 0.5) is 27.8 Å². The lowest BCUT2D eigenvalue weighted by Crippen LogP contribution is -2.68. The van der Waals surface area contributed by atoms with Crippen molar-refractivity contribution < 1.29 is 19.5 Å². The second kappa shape index (κ2) is 11.7. The van der Waals surface area contributed by atoms with Crippen LogP contribution < -0.4 is 20.4 Å². The topological polar surface area (TPSA) is 120 Å². The number of aliphatic hydroxyl groups is 1. The molecule has 11 heteroatoms. The Bertz CT molecular complexity index is 1660. The molecule has 1 aliphatic heterocycles. The number of Topliss-reactive ketones (excluding diaryl/α,β-unsaturated/α-hetero) is 1. The van der Waals surface area contributed by atoms with E-state index in [1.54, 1.807) is 67.6 Å². The number of imidazole rings is 1. The Balaban J connectivity index is 1.76. The van der Waals surface area contributed by atoms with Crippen molar-refractivity contribution in [3.8, 4) is 0 Å². The first-order chi connectivity index (χ1) is 20.2. The zero-order chi connectivity index (χ0) is 30.0. The minimum atomic E-state index is -2.26. The molecule has 3 aromatic carbocycles. The molecule has 10 nitrogen and oxygen atoms in total. The van der Waals surface area contributed by atoms with Crippen molar-refractivity contribution >= 4 is 52.3 Å². The Hall–Kier alpha value is -4.67. The maximum Gasteiger partial charge on any atom is 0.331 e. The van der Waals surface area contributed by atoms with Gasteiger partial charge in [0.25, 0.3) is 11.6 Å². The number of urea groups is 1. The van der Waals surface area contributed by atoms with Gasteiger partial charge in [-0.25, -0.2) is 9.78 Å². The van der Waals surface area contributed by atoms with Crippen LogP contribution in [0.1, 0.15) is 28.4 Å². The highest BCUT2D eigenvalue weighted by molar-refractivity contribution is 6.34. The number of carbonyl (C=O) groups is 3. The lowest BCUT2D eigenvalue weighted by atomic mass is 9.92. The molecule has 1 aliphatic rings. The highest BCUT2D eigenvalue weighted by atomic mass is 35.5. The number of likely N-dealkylation sites (N-methyl/N-ethyl adjacent to an activating group) is 1. The third-order valence-corrected chi connectivity index (χ3v) is 7.64. The number of rotatable bonds is 9. The standard InChI is InChI=1S/C31H31ClN6O4/c1-4-36(16-17-39)23-11-13-26(21(3)19-23)38-30(42)35-29-33-14-15-37(29)31(38,27(40)22-8-6-5-7-9-22)28(41)34-25-18-20(2)10-12-24(25)32/h5-15,18-19,39H,4,16-17H2,1-3H3,(H,34,41)(H,33,35,42). The summed E-state index contributed by atoms with van der Waals surface area (Å²) in [6.07, 6.45) is 2.91. The SMILES string of the molecule is CCN(CCO)c1ccc(N2C(=O)Nc3nccn3C2(C(=O)Nc2cc(C)ccc2Cl)C(=O)c2ccccc2)c(C)c1. The average Bonchev–Trinajstić information content (AvgIpc) is 3.46. The van der Waals surface area contributed by atoms with Gasteiger partial charge in [-0.1, -0.05) is 48.0 Å². The van der Waals surface area contributed by atoms with Crippen molar-refractivity contribution in [2.24, 2.45) is 0 Å². The summed E-state index contributed by atoms with van der Waals surface area (Å²) < 4.78 is 1.38. The second-order valence-electron chi connectivity index (χ2n) is 9.97. The summed E-state index contributed by atoms with van der Waals surface area (Å²) in [5.41, 5.74) is 0.893. The molecule has 0 saturated carbocycles. The molecule has 1 unspecified atom stereocenters. The normalized spacial score (nSPS) is 16.0. The monoisotopic (exact) mass is 586 g/mol. The Morgan fingerprint density at radius 1 is 1.10 bits per heavy atom. The van der Waals surface area contributed by atoms with Gasteiger partial charge in [-0.3, -0.25) is 24.4 Å². The molecule has 5 rings (SSSR count). The number of benzene rings is 3. The Labute approximate surface area is 248 Å². The lowest BCUT2D eigenvalue weighted by molar-refractivity contribution is -0.122. The highest BCUT2D eigenvalue weighted by Gasteiger charge is 2.59. The number of hydrogen-bond donors (Lipinski definition) is 3. The lowest BCUT2D eigenvalue weighted by Gasteiger charge is -2.45. The molecule has 1 aromatic heterocycles. The second-order valence-corrected chi connectivity index (χ2v) is 10.4. The van der Waals surface area contributed by atoms with Gasteiger partial charge < -0.3 is 15.3 Å². The zero-order valence-corrected chi connectivity index (χ0v) is 24.2. The summed E-state index contributed by atoms with van der Waals surface area (Å²) in [5, 5.41) is 15.4. The molecule has 0 aliphatic carbocycles. The van der Waals surface area contributed by atoms with Gasteiger partial charge in [-0.2, -0.15) is 0 Å². The summed E-state index contributed by atoms with van der Waals surface area (Å²) in [7, 11) is 0. The van der Waals surface area contributed by atoms with Crippen LogP contribution in [0.2, 0.25) is 5.02 Å².